The van der Waals surface area contributed by atoms with Crippen LogP contribution >= 0.6 is 39.3 Å². The van der Waals surface area contributed by atoms with E-state index < -0.39 is 0 Å². The summed E-state index contributed by atoms with van der Waals surface area (Å²) in [5.74, 6) is 1.14. The molecule has 1 N–H and O–H groups in total. The highest BCUT2D eigenvalue weighted by molar-refractivity contribution is 9.10. The van der Waals surface area contributed by atoms with Crippen LogP contribution < -0.4 is 5.32 Å². The summed E-state index contributed by atoms with van der Waals surface area (Å²) in [7, 11) is 0. The molecule has 1 aromatic rings. The highest BCUT2D eigenvalue weighted by Gasteiger charge is 2.26. The molecule has 1 aliphatic rings. The molecule has 1 aliphatic carbocycles. The van der Waals surface area contributed by atoms with Crippen molar-refractivity contribution in [3.05, 3.63) is 33.3 Å². The third-order valence-corrected chi connectivity index (χ3v) is 5.75. The van der Waals surface area contributed by atoms with Gasteiger partial charge in [-0.3, -0.25) is 4.79 Å². The van der Waals surface area contributed by atoms with Gasteiger partial charge < -0.3 is 5.32 Å². The summed E-state index contributed by atoms with van der Waals surface area (Å²) in [5, 5.41) is 4.44. The van der Waals surface area contributed by atoms with Crippen LogP contribution in [0.2, 0.25) is 5.02 Å². The molecule has 0 aromatic heterocycles. The minimum absolute atomic E-state index is 0.00971. The molecule has 1 fully saturated rings. The topological polar surface area (TPSA) is 29.1 Å². The smallest absolute Gasteiger partial charge is 0.251 e. The van der Waals surface area contributed by atoms with E-state index in [1.165, 1.54) is 6.42 Å². The minimum Gasteiger partial charge on any atom is -0.349 e. The molecule has 19 heavy (non-hydrogen) atoms. The van der Waals surface area contributed by atoms with Gasteiger partial charge in [-0.05, 0) is 59.1 Å². The molecule has 1 aromatic carbocycles. The Bertz CT molecular complexity index is 469. The number of carbonyl (C=O) groups excluding carboxylic acids is 1. The van der Waals surface area contributed by atoms with E-state index in [9.17, 15) is 4.79 Å². The Labute approximate surface area is 131 Å². The highest BCUT2D eigenvalue weighted by Crippen LogP contribution is 2.30. The molecule has 0 saturated heterocycles. The van der Waals surface area contributed by atoms with Gasteiger partial charge in [0.2, 0.25) is 0 Å². The van der Waals surface area contributed by atoms with Crippen molar-refractivity contribution in [2.75, 3.05) is 5.75 Å². The molecule has 0 bridgehead atoms. The maximum atomic E-state index is 12.1. The first-order valence-electron chi connectivity index (χ1n) is 6.47. The Morgan fingerprint density at radius 1 is 1.53 bits per heavy atom. The summed E-state index contributed by atoms with van der Waals surface area (Å²) in [6.07, 6.45) is 3.37. The van der Waals surface area contributed by atoms with Gasteiger partial charge in [0.1, 0.15) is 0 Å². The second-order valence-corrected chi connectivity index (χ2v) is 7.53. The van der Waals surface area contributed by atoms with Gasteiger partial charge in [-0.25, -0.2) is 0 Å². The van der Waals surface area contributed by atoms with Crippen molar-refractivity contribution >= 4 is 45.2 Å². The fourth-order valence-corrected chi connectivity index (χ4v) is 4.00. The number of rotatable bonds is 4. The van der Waals surface area contributed by atoms with Crippen LogP contribution in [0.1, 0.15) is 36.5 Å². The zero-order chi connectivity index (χ0) is 13.8. The number of nitrogens with one attached hydrogen (secondary N) is 1. The van der Waals surface area contributed by atoms with Crippen molar-refractivity contribution in [3.63, 3.8) is 0 Å². The Kier molecular flexibility index (Phi) is 5.60. The molecule has 5 heteroatoms. The summed E-state index contributed by atoms with van der Waals surface area (Å²) in [6.45, 7) is 2.18. The maximum Gasteiger partial charge on any atom is 0.251 e. The van der Waals surface area contributed by atoms with Gasteiger partial charge in [-0.15, -0.1) is 0 Å². The molecule has 0 heterocycles. The summed E-state index contributed by atoms with van der Waals surface area (Å²) >= 11 is 11.3. The first-order chi connectivity index (χ1) is 9.10. The lowest BCUT2D eigenvalue weighted by Gasteiger charge is -2.13. The quantitative estimate of drug-likeness (QED) is 0.854. The van der Waals surface area contributed by atoms with Crippen LogP contribution in [0.4, 0.5) is 0 Å². The van der Waals surface area contributed by atoms with Crippen LogP contribution in [0.5, 0.6) is 0 Å². The SMILES string of the molecule is CCSC1CCC(NC(=O)c2ccc(Cl)c(Br)c2)C1. The van der Waals surface area contributed by atoms with E-state index in [0.717, 1.165) is 23.1 Å². The predicted octanol–water partition coefficient (Wildman–Crippen LogP) is 4.51. The Hall–Kier alpha value is -0.190. The van der Waals surface area contributed by atoms with Crippen LogP contribution in [0.25, 0.3) is 0 Å². The maximum absolute atomic E-state index is 12.1. The summed E-state index contributed by atoms with van der Waals surface area (Å²) in [5.41, 5.74) is 0.655. The molecule has 2 nitrogen and oxygen atoms in total. The van der Waals surface area contributed by atoms with Crippen molar-refractivity contribution in [2.45, 2.75) is 37.5 Å². The third-order valence-electron chi connectivity index (χ3n) is 3.30. The number of carbonyl (C=O) groups is 1. The van der Waals surface area contributed by atoms with Gasteiger partial charge in [0.25, 0.3) is 5.91 Å². The van der Waals surface area contributed by atoms with Crippen molar-refractivity contribution < 1.29 is 4.79 Å². The zero-order valence-electron chi connectivity index (χ0n) is 10.8. The van der Waals surface area contributed by atoms with Gasteiger partial charge in [-0.2, -0.15) is 11.8 Å². The fraction of sp³-hybridized carbons (Fsp3) is 0.500. The number of hydrogen-bond acceptors (Lipinski definition) is 2. The Balaban J connectivity index is 1.92. The fourth-order valence-electron chi connectivity index (χ4n) is 2.36. The van der Waals surface area contributed by atoms with E-state index in [-0.39, 0.29) is 5.91 Å². The van der Waals surface area contributed by atoms with Gasteiger partial charge in [0, 0.05) is 21.3 Å². The molecule has 2 rings (SSSR count). The van der Waals surface area contributed by atoms with Crippen molar-refractivity contribution in [1.82, 2.24) is 5.32 Å². The third kappa shape index (κ3) is 4.14. The first kappa shape index (κ1) is 15.2. The van der Waals surface area contributed by atoms with Gasteiger partial charge in [0.05, 0.1) is 5.02 Å². The lowest BCUT2D eigenvalue weighted by Crippen LogP contribution is -2.33. The molecular formula is C14H17BrClNOS. The van der Waals surface area contributed by atoms with Gasteiger partial charge >= 0.3 is 0 Å². The van der Waals surface area contributed by atoms with E-state index >= 15 is 0 Å². The van der Waals surface area contributed by atoms with E-state index in [1.54, 1.807) is 18.2 Å². The van der Waals surface area contributed by atoms with Crippen molar-refractivity contribution in [3.8, 4) is 0 Å². The minimum atomic E-state index is -0.00971. The van der Waals surface area contributed by atoms with E-state index in [2.05, 4.69) is 28.2 Å². The van der Waals surface area contributed by atoms with Crippen LogP contribution in [0.15, 0.2) is 22.7 Å². The lowest BCUT2D eigenvalue weighted by atomic mass is 10.2. The number of amides is 1. The van der Waals surface area contributed by atoms with Crippen LogP contribution in [-0.4, -0.2) is 23.0 Å². The first-order valence-corrected chi connectivity index (χ1v) is 8.69. The number of halogens is 2. The van der Waals surface area contributed by atoms with Gasteiger partial charge in [-0.1, -0.05) is 18.5 Å². The molecule has 2 unspecified atom stereocenters. The summed E-state index contributed by atoms with van der Waals surface area (Å²) < 4.78 is 0.757. The monoisotopic (exact) mass is 361 g/mol. The normalized spacial score (nSPS) is 22.5. The van der Waals surface area contributed by atoms with E-state index in [4.69, 9.17) is 11.6 Å². The average Bonchev–Trinajstić information content (AvgIpc) is 2.80. The second kappa shape index (κ2) is 7.00. The molecule has 0 radical (unpaired) electrons. The van der Waals surface area contributed by atoms with Crippen molar-refractivity contribution in [2.24, 2.45) is 0 Å². The van der Waals surface area contributed by atoms with Crippen molar-refractivity contribution in [1.29, 1.82) is 0 Å². The number of thioether (sulfide) groups is 1. The number of benzene rings is 1. The average molecular weight is 363 g/mol. The standard InChI is InChI=1S/C14H17BrClNOS/c1-2-19-11-5-4-10(8-11)17-14(18)9-3-6-13(16)12(15)7-9/h3,6-7,10-11H,2,4-5,8H2,1H3,(H,17,18). The van der Waals surface area contributed by atoms with Gasteiger partial charge in [0.15, 0.2) is 0 Å². The largest absolute Gasteiger partial charge is 0.349 e. The predicted molar refractivity (Wildman–Crippen MR) is 86.2 cm³/mol. The molecule has 1 amide bonds. The summed E-state index contributed by atoms with van der Waals surface area (Å²) in [6, 6.07) is 5.58. The van der Waals surface area contributed by atoms with E-state index in [1.807, 2.05) is 11.8 Å². The Morgan fingerprint density at radius 3 is 3.00 bits per heavy atom. The Morgan fingerprint density at radius 2 is 2.32 bits per heavy atom. The lowest BCUT2D eigenvalue weighted by molar-refractivity contribution is 0.0938. The molecule has 2 atom stereocenters. The molecule has 104 valence electrons. The highest BCUT2D eigenvalue weighted by atomic mass is 79.9. The van der Waals surface area contributed by atoms with Crippen LogP contribution in [0, 0.1) is 0 Å². The van der Waals surface area contributed by atoms with E-state index in [0.29, 0.717) is 21.9 Å². The summed E-state index contributed by atoms with van der Waals surface area (Å²) in [4.78, 5) is 12.1. The number of hydrogen-bond donors (Lipinski definition) is 1. The molecule has 1 saturated carbocycles. The van der Waals surface area contributed by atoms with Crippen LogP contribution in [0.3, 0.4) is 0 Å². The zero-order valence-corrected chi connectivity index (χ0v) is 13.9. The molecule has 0 spiro atoms. The van der Waals surface area contributed by atoms with Crippen LogP contribution in [-0.2, 0) is 0 Å². The second-order valence-electron chi connectivity index (χ2n) is 4.69. The molecule has 0 aliphatic heterocycles. The molecular weight excluding hydrogens is 346 g/mol.